The van der Waals surface area contributed by atoms with Crippen LogP contribution in [0.1, 0.15) is 36.6 Å². The Morgan fingerprint density at radius 2 is 1.56 bits per heavy atom. The highest BCUT2D eigenvalue weighted by molar-refractivity contribution is 5.93. The van der Waals surface area contributed by atoms with Crippen LogP contribution in [0.5, 0.6) is 5.75 Å². The van der Waals surface area contributed by atoms with Gasteiger partial charge in [0.15, 0.2) is 6.10 Å². The van der Waals surface area contributed by atoms with Crippen molar-refractivity contribution < 1.29 is 19.1 Å². The molecule has 216 valence electrons. The summed E-state index contributed by atoms with van der Waals surface area (Å²) in [7, 11) is 3.68. The van der Waals surface area contributed by atoms with Gasteiger partial charge in [-0.25, -0.2) is 0 Å². The highest BCUT2D eigenvalue weighted by atomic mass is 16.5. The Morgan fingerprint density at radius 3 is 2.17 bits per heavy atom. The molecule has 0 radical (unpaired) electrons. The Balaban J connectivity index is 1.77. The van der Waals surface area contributed by atoms with Gasteiger partial charge in [-0.2, -0.15) is 0 Å². The van der Waals surface area contributed by atoms with E-state index in [4.69, 9.17) is 4.74 Å². The van der Waals surface area contributed by atoms with E-state index >= 15 is 0 Å². The molecule has 0 aliphatic carbocycles. The summed E-state index contributed by atoms with van der Waals surface area (Å²) < 4.78 is 6.47. The lowest BCUT2D eigenvalue weighted by Crippen LogP contribution is -2.59. The normalized spacial score (nSPS) is 20.5. The molecule has 3 amide bonds. The first-order valence-electron chi connectivity index (χ1n) is 14.1. The third kappa shape index (κ3) is 7.95. The number of ether oxygens (including phenoxy) is 1. The summed E-state index contributed by atoms with van der Waals surface area (Å²) in [5.74, 6) is -0.517. The molecule has 8 nitrogen and oxygen atoms in total. The second-order valence-corrected chi connectivity index (χ2v) is 11.0. The van der Waals surface area contributed by atoms with Crippen LogP contribution in [0.25, 0.3) is 0 Å². The number of carbonyl (C=O) groups excluding carboxylic acids is 3. The van der Waals surface area contributed by atoms with Gasteiger partial charge in [0.25, 0.3) is 0 Å². The number of carbonyl (C=O) groups is 3. The Bertz CT molecular complexity index is 1290. The van der Waals surface area contributed by atoms with Crippen molar-refractivity contribution in [3.63, 3.8) is 0 Å². The Labute approximate surface area is 242 Å². The van der Waals surface area contributed by atoms with Crippen molar-refractivity contribution in [2.45, 2.75) is 50.9 Å². The van der Waals surface area contributed by atoms with Crippen molar-refractivity contribution in [3.05, 3.63) is 102 Å². The predicted octanol–water partition coefficient (Wildman–Crippen LogP) is 3.28. The van der Waals surface area contributed by atoms with Crippen LogP contribution in [-0.2, 0) is 27.2 Å². The third-order valence-electron chi connectivity index (χ3n) is 7.28. The summed E-state index contributed by atoms with van der Waals surface area (Å²) in [6, 6.07) is 24.1. The highest BCUT2D eigenvalue weighted by Gasteiger charge is 2.37. The van der Waals surface area contributed by atoms with Crippen LogP contribution in [0.3, 0.4) is 0 Å². The summed E-state index contributed by atoms with van der Waals surface area (Å²) >= 11 is 0. The largest absolute Gasteiger partial charge is 0.483 e. The molecule has 3 aromatic rings. The summed E-state index contributed by atoms with van der Waals surface area (Å²) in [4.78, 5) is 43.1. The molecule has 0 fully saturated rings. The Hall–Kier alpha value is -4.17. The fourth-order valence-corrected chi connectivity index (χ4v) is 5.28. The van der Waals surface area contributed by atoms with E-state index in [1.54, 1.807) is 0 Å². The van der Waals surface area contributed by atoms with Gasteiger partial charge in [0.2, 0.25) is 17.7 Å². The third-order valence-corrected chi connectivity index (χ3v) is 7.28. The van der Waals surface area contributed by atoms with Crippen LogP contribution in [0.4, 0.5) is 0 Å². The maximum atomic E-state index is 14.2. The van der Waals surface area contributed by atoms with Crippen molar-refractivity contribution in [1.82, 2.24) is 20.9 Å². The van der Waals surface area contributed by atoms with E-state index in [-0.39, 0.29) is 17.7 Å². The summed E-state index contributed by atoms with van der Waals surface area (Å²) in [5, 5.41) is 8.94. The van der Waals surface area contributed by atoms with Crippen LogP contribution in [0.15, 0.2) is 84.9 Å². The van der Waals surface area contributed by atoms with Crippen LogP contribution in [0, 0.1) is 5.92 Å². The second kappa shape index (κ2) is 13.9. The van der Waals surface area contributed by atoms with E-state index in [9.17, 15) is 14.4 Å². The highest BCUT2D eigenvalue weighted by Crippen LogP contribution is 2.27. The van der Waals surface area contributed by atoms with Crippen LogP contribution < -0.4 is 20.7 Å². The quantitative estimate of drug-likeness (QED) is 0.415. The molecule has 3 N–H and O–H groups in total. The van der Waals surface area contributed by atoms with Gasteiger partial charge >= 0.3 is 0 Å². The van der Waals surface area contributed by atoms with Gasteiger partial charge < -0.3 is 20.7 Å². The van der Waals surface area contributed by atoms with E-state index < -0.39 is 30.1 Å². The van der Waals surface area contributed by atoms with E-state index in [0.717, 1.165) is 16.7 Å². The van der Waals surface area contributed by atoms with Gasteiger partial charge in [-0.15, -0.1) is 0 Å². The van der Waals surface area contributed by atoms with Crippen molar-refractivity contribution in [1.29, 1.82) is 0 Å². The molecule has 0 saturated heterocycles. The zero-order valence-electron chi connectivity index (χ0n) is 24.2. The average molecular weight is 557 g/mol. The van der Waals surface area contributed by atoms with Gasteiger partial charge in [-0.1, -0.05) is 86.6 Å². The maximum Gasteiger partial charge on any atom is 0.247 e. The van der Waals surface area contributed by atoms with Crippen LogP contribution >= 0.6 is 0 Å². The summed E-state index contributed by atoms with van der Waals surface area (Å²) in [6.45, 7) is 4.35. The number of rotatable bonds is 7. The van der Waals surface area contributed by atoms with Crippen molar-refractivity contribution in [2.24, 2.45) is 5.92 Å². The monoisotopic (exact) mass is 556 g/mol. The number of amides is 3. The molecule has 3 aromatic carbocycles. The molecule has 0 aromatic heterocycles. The molecule has 2 heterocycles. The van der Waals surface area contributed by atoms with Crippen molar-refractivity contribution >= 4 is 17.7 Å². The van der Waals surface area contributed by atoms with Crippen molar-refractivity contribution in [3.8, 4) is 5.75 Å². The zero-order valence-corrected chi connectivity index (χ0v) is 24.2. The van der Waals surface area contributed by atoms with E-state index in [2.05, 4.69) is 16.0 Å². The van der Waals surface area contributed by atoms with Gasteiger partial charge in [-0.3, -0.25) is 19.3 Å². The first kappa shape index (κ1) is 29.8. The van der Waals surface area contributed by atoms with Gasteiger partial charge in [0, 0.05) is 13.0 Å². The number of hydrogen-bond acceptors (Lipinski definition) is 5. The van der Waals surface area contributed by atoms with Crippen molar-refractivity contribution in [2.75, 3.05) is 20.6 Å². The molecule has 2 aliphatic rings. The first-order valence-corrected chi connectivity index (χ1v) is 14.1. The maximum absolute atomic E-state index is 14.2. The van der Waals surface area contributed by atoms with Gasteiger partial charge in [0.1, 0.15) is 17.8 Å². The average Bonchev–Trinajstić information content (AvgIpc) is 2.95. The fourth-order valence-electron chi connectivity index (χ4n) is 5.28. The molecule has 2 aliphatic heterocycles. The number of nitrogens with one attached hydrogen (secondary N) is 3. The summed E-state index contributed by atoms with van der Waals surface area (Å²) in [5.41, 5.74) is 2.68. The number of benzene rings is 3. The van der Waals surface area contributed by atoms with Crippen LogP contribution in [0.2, 0.25) is 0 Å². The van der Waals surface area contributed by atoms with Gasteiger partial charge in [0.05, 0.1) is 6.04 Å². The molecule has 41 heavy (non-hydrogen) atoms. The number of nitrogens with zero attached hydrogens (tertiary/aromatic N) is 1. The fraction of sp³-hybridized carbons (Fsp3) is 0.364. The molecule has 0 spiro atoms. The molecule has 0 saturated carbocycles. The molecule has 8 heteroatoms. The topological polar surface area (TPSA) is 99.8 Å². The number of fused-ring (bicyclic) bond motifs is 11. The minimum atomic E-state index is -1.13. The lowest BCUT2D eigenvalue weighted by atomic mass is 9.97. The molecule has 0 unspecified atom stereocenters. The van der Waals surface area contributed by atoms with E-state index in [1.807, 2.05) is 118 Å². The lowest BCUT2D eigenvalue weighted by molar-refractivity contribution is -0.136. The molecular weight excluding hydrogens is 516 g/mol. The Morgan fingerprint density at radius 1 is 0.927 bits per heavy atom. The van der Waals surface area contributed by atoms with E-state index in [0.29, 0.717) is 25.1 Å². The van der Waals surface area contributed by atoms with Gasteiger partial charge in [-0.05, 0) is 55.3 Å². The standard InChI is InChI=1S/C33H40N4O4/c1-22(2)29(37(3)4)33(40)36-28-30(25-13-9-6-10-14-25)41-26-17-15-23(16-18-26)19-20-34-31(38)27(35-32(28)39)21-24-11-7-5-8-12-24/h5-18,22,27-30H,19-21H2,1-4H3,(H,34,38)(H,35,39)(H,36,40)/t27-,28-,29-,30+/m0/s1. The minimum Gasteiger partial charge on any atom is -0.483 e. The predicted molar refractivity (Wildman–Crippen MR) is 159 cm³/mol. The molecule has 5 rings (SSSR count). The smallest absolute Gasteiger partial charge is 0.247 e. The van der Waals surface area contributed by atoms with Crippen LogP contribution in [-0.4, -0.2) is 61.4 Å². The second-order valence-electron chi connectivity index (χ2n) is 11.0. The van der Waals surface area contributed by atoms with E-state index in [1.165, 1.54) is 0 Å². The number of likely N-dealkylation sites (N-methyl/N-ethyl adjacent to an activating group) is 1. The number of hydrogen-bond donors (Lipinski definition) is 3. The minimum absolute atomic E-state index is 0.00758. The molecule has 4 atom stereocenters. The molecular formula is C33H40N4O4. The SMILES string of the molecule is CC(C)[C@@H](C(=O)N[C@@H]1C(=O)N[C@@H](Cc2ccccc2)C(=O)NCCc2ccc(cc2)O[C@@H]1c1ccccc1)N(C)C. The zero-order chi connectivity index (χ0) is 29.4. The lowest BCUT2D eigenvalue weighted by Gasteiger charge is -2.33. The molecule has 2 bridgehead atoms. The first-order chi connectivity index (χ1) is 19.7. The Kier molecular flexibility index (Phi) is 10.1. The summed E-state index contributed by atoms with van der Waals surface area (Å²) in [6.07, 6.45) is 0.0833.